The normalized spacial score (nSPS) is 12.1. The van der Waals surface area contributed by atoms with Gasteiger partial charge in [-0.05, 0) is 73.7 Å². The molecule has 0 fully saturated rings. The molecule has 3 aromatic rings. The molecule has 7 nitrogen and oxygen atoms in total. The first-order chi connectivity index (χ1) is 18.5. The lowest BCUT2D eigenvalue weighted by atomic mass is 10.1. The Morgan fingerprint density at radius 3 is 2.15 bits per heavy atom. The number of amides is 2. The van der Waals surface area contributed by atoms with Crippen molar-refractivity contribution >= 4 is 62.5 Å². The largest absolute Gasteiger partial charge is 0.357 e. The van der Waals surface area contributed by atoms with E-state index in [1.54, 1.807) is 61.5 Å². The third kappa shape index (κ3) is 7.48. The minimum Gasteiger partial charge on any atom is -0.357 e. The van der Waals surface area contributed by atoms with Crippen LogP contribution < -0.4 is 9.62 Å². The van der Waals surface area contributed by atoms with Crippen LogP contribution in [0.25, 0.3) is 0 Å². The van der Waals surface area contributed by atoms with Crippen LogP contribution in [0.3, 0.4) is 0 Å². The standard InChI is InChI=1S/C28H31Cl2N3O4S2/c1-5-26(28(35)31-3)32(17-20-8-15-24(29)25(30)16-20)27(34)18-33(21-9-6-19(2)7-10-21)39(36,37)23-13-11-22(38-4)12-14-23/h6-16,26H,5,17-18H2,1-4H3,(H,31,35)/t26-/m0/s1. The number of hydrogen-bond donors (Lipinski definition) is 1. The number of sulfonamides is 1. The zero-order valence-electron chi connectivity index (χ0n) is 22.1. The third-order valence-corrected chi connectivity index (χ3v) is 9.49. The van der Waals surface area contributed by atoms with Gasteiger partial charge in [0.05, 0.1) is 20.6 Å². The Balaban J connectivity index is 2.06. The summed E-state index contributed by atoms with van der Waals surface area (Å²) in [6, 6.07) is 17.5. The number of carbonyl (C=O) groups excluding carboxylic acids is 2. The molecule has 0 aliphatic heterocycles. The van der Waals surface area contributed by atoms with Crippen LogP contribution in [0.15, 0.2) is 76.5 Å². The van der Waals surface area contributed by atoms with Gasteiger partial charge in [-0.25, -0.2) is 8.42 Å². The molecule has 2 amide bonds. The van der Waals surface area contributed by atoms with E-state index in [-0.39, 0.29) is 17.3 Å². The molecule has 208 valence electrons. The predicted molar refractivity (Wildman–Crippen MR) is 159 cm³/mol. The van der Waals surface area contributed by atoms with Gasteiger partial charge in [0.15, 0.2) is 0 Å². The van der Waals surface area contributed by atoms with Crippen molar-refractivity contribution in [2.75, 3.05) is 24.2 Å². The van der Waals surface area contributed by atoms with Crippen LogP contribution in [-0.2, 0) is 26.2 Å². The van der Waals surface area contributed by atoms with Crippen LogP contribution in [0.2, 0.25) is 10.0 Å². The molecule has 3 rings (SSSR count). The fourth-order valence-corrected chi connectivity index (χ4v) is 6.18. The van der Waals surface area contributed by atoms with E-state index < -0.39 is 28.5 Å². The highest BCUT2D eigenvalue weighted by Crippen LogP contribution is 2.28. The maximum atomic E-state index is 13.9. The Bertz CT molecular complexity index is 1420. The fourth-order valence-electron chi connectivity index (χ4n) is 4.04. The summed E-state index contributed by atoms with van der Waals surface area (Å²) in [6.07, 6.45) is 2.22. The van der Waals surface area contributed by atoms with E-state index in [0.29, 0.717) is 27.7 Å². The molecule has 0 saturated carbocycles. The average Bonchev–Trinajstić information content (AvgIpc) is 2.93. The number of halogens is 2. The molecule has 1 N–H and O–H groups in total. The molecule has 0 aliphatic rings. The van der Waals surface area contributed by atoms with E-state index in [9.17, 15) is 18.0 Å². The SMILES string of the molecule is CC[C@@H](C(=O)NC)N(Cc1ccc(Cl)c(Cl)c1)C(=O)CN(c1ccc(C)cc1)S(=O)(=O)c1ccc(SC)cc1. The molecule has 0 bridgehead atoms. The summed E-state index contributed by atoms with van der Waals surface area (Å²) in [4.78, 5) is 29.1. The van der Waals surface area contributed by atoms with Crippen molar-refractivity contribution in [3.8, 4) is 0 Å². The molecular formula is C28H31Cl2N3O4S2. The van der Waals surface area contributed by atoms with Gasteiger partial charge in [-0.1, -0.05) is 53.9 Å². The van der Waals surface area contributed by atoms with E-state index in [1.807, 2.05) is 13.2 Å². The van der Waals surface area contributed by atoms with Crippen molar-refractivity contribution in [3.63, 3.8) is 0 Å². The minimum absolute atomic E-state index is 0.0336. The van der Waals surface area contributed by atoms with Gasteiger partial charge in [-0.3, -0.25) is 13.9 Å². The van der Waals surface area contributed by atoms with Gasteiger partial charge in [-0.15, -0.1) is 11.8 Å². The summed E-state index contributed by atoms with van der Waals surface area (Å²) >= 11 is 13.8. The lowest BCUT2D eigenvalue weighted by molar-refractivity contribution is -0.140. The van der Waals surface area contributed by atoms with Gasteiger partial charge in [0.25, 0.3) is 10.0 Å². The van der Waals surface area contributed by atoms with Gasteiger partial charge in [-0.2, -0.15) is 0 Å². The highest BCUT2D eigenvalue weighted by atomic mass is 35.5. The summed E-state index contributed by atoms with van der Waals surface area (Å²) < 4.78 is 28.8. The number of thioether (sulfide) groups is 1. The molecule has 0 radical (unpaired) electrons. The molecule has 0 aliphatic carbocycles. The first-order valence-corrected chi connectivity index (χ1v) is 15.6. The summed E-state index contributed by atoms with van der Waals surface area (Å²) in [5, 5.41) is 3.28. The van der Waals surface area contributed by atoms with Gasteiger partial charge in [0, 0.05) is 18.5 Å². The maximum absolute atomic E-state index is 13.9. The second-order valence-electron chi connectivity index (χ2n) is 8.83. The topological polar surface area (TPSA) is 86.8 Å². The molecular weight excluding hydrogens is 577 g/mol. The van der Waals surface area contributed by atoms with Crippen molar-refractivity contribution in [1.29, 1.82) is 0 Å². The second-order valence-corrected chi connectivity index (χ2v) is 12.4. The summed E-state index contributed by atoms with van der Waals surface area (Å²) in [5.74, 6) is -0.898. The van der Waals surface area contributed by atoms with E-state index >= 15 is 0 Å². The molecule has 1 atom stereocenters. The second kappa shape index (κ2) is 13.6. The van der Waals surface area contributed by atoms with Crippen LogP contribution in [0, 0.1) is 6.92 Å². The number of carbonyl (C=O) groups is 2. The van der Waals surface area contributed by atoms with Crippen molar-refractivity contribution in [2.45, 2.75) is 42.6 Å². The lowest BCUT2D eigenvalue weighted by Gasteiger charge is -2.33. The minimum atomic E-state index is -4.13. The van der Waals surface area contributed by atoms with E-state index in [2.05, 4.69) is 5.32 Å². The van der Waals surface area contributed by atoms with Crippen LogP contribution >= 0.6 is 35.0 Å². The first-order valence-electron chi connectivity index (χ1n) is 12.2. The molecule has 39 heavy (non-hydrogen) atoms. The van der Waals surface area contributed by atoms with Crippen molar-refractivity contribution < 1.29 is 18.0 Å². The van der Waals surface area contributed by atoms with Crippen molar-refractivity contribution in [1.82, 2.24) is 10.2 Å². The third-order valence-electron chi connectivity index (χ3n) is 6.22. The highest BCUT2D eigenvalue weighted by molar-refractivity contribution is 7.98. The molecule has 0 spiro atoms. The summed E-state index contributed by atoms with van der Waals surface area (Å²) in [5.41, 5.74) is 1.93. The Hall–Kier alpha value is -2.72. The van der Waals surface area contributed by atoms with Crippen LogP contribution in [0.5, 0.6) is 0 Å². The summed E-state index contributed by atoms with van der Waals surface area (Å²) in [6.45, 7) is 3.20. The smallest absolute Gasteiger partial charge is 0.264 e. The van der Waals surface area contributed by atoms with Crippen LogP contribution in [0.4, 0.5) is 5.69 Å². The number of hydrogen-bond acceptors (Lipinski definition) is 5. The average molecular weight is 609 g/mol. The quantitative estimate of drug-likeness (QED) is 0.279. The van der Waals surface area contributed by atoms with Crippen LogP contribution in [0.1, 0.15) is 24.5 Å². The fraction of sp³-hybridized carbons (Fsp3) is 0.286. The zero-order chi connectivity index (χ0) is 28.7. The number of rotatable bonds is 11. The van der Waals surface area contributed by atoms with Crippen molar-refractivity contribution in [3.05, 3.63) is 87.9 Å². The lowest BCUT2D eigenvalue weighted by Crippen LogP contribution is -2.51. The number of nitrogens with zero attached hydrogens (tertiary/aromatic N) is 2. The highest BCUT2D eigenvalue weighted by Gasteiger charge is 2.33. The van der Waals surface area contributed by atoms with Gasteiger partial charge >= 0.3 is 0 Å². The molecule has 0 saturated heterocycles. The van der Waals surface area contributed by atoms with Crippen LogP contribution in [-0.4, -0.2) is 51.0 Å². The predicted octanol–water partition coefficient (Wildman–Crippen LogP) is 5.77. The summed E-state index contributed by atoms with van der Waals surface area (Å²) in [7, 11) is -2.63. The molecule has 11 heteroatoms. The first kappa shape index (κ1) is 30.8. The molecule has 0 aromatic heterocycles. The molecule has 0 heterocycles. The maximum Gasteiger partial charge on any atom is 0.264 e. The van der Waals surface area contributed by atoms with Gasteiger partial charge in [0.2, 0.25) is 11.8 Å². The van der Waals surface area contributed by atoms with Gasteiger partial charge < -0.3 is 10.2 Å². The number of benzene rings is 3. The number of likely N-dealkylation sites (N-methyl/N-ethyl adjacent to an activating group) is 1. The number of aryl methyl sites for hydroxylation is 1. The van der Waals surface area contributed by atoms with E-state index in [1.165, 1.54) is 35.8 Å². The number of anilines is 1. The number of nitrogens with one attached hydrogen (secondary N) is 1. The molecule has 3 aromatic carbocycles. The molecule has 0 unspecified atom stereocenters. The van der Waals surface area contributed by atoms with E-state index in [4.69, 9.17) is 23.2 Å². The monoisotopic (exact) mass is 607 g/mol. The Labute approximate surface area is 244 Å². The van der Waals surface area contributed by atoms with Crippen molar-refractivity contribution in [2.24, 2.45) is 0 Å². The Morgan fingerprint density at radius 2 is 1.62 bits per heavy atom. The van der Waals surface area contributed by atoms with E-state index in [0.717, 1.165) is 14.8 Å². The zero-order valence-corrected chi connectivity index (χ0v) is 25.3. The van der Waals surface area contributed by atoms with Gasteiger partial charge in [0.1, 0.15) is 12.6 Å². The Morgan fingerprint density at radius 1 is 0.974 bits per heavy atom. The Kier molecular flexibility index (Phi) is 10.7.